The van der Waals surface area contributed by atoms with Crippen molar-refractivity contribution in [3.63, 3.8) is 0 Å². The number of halogens is 1. The van der Waals surface area contributed by atoms with Crippen LogP contribution in [-0.4, -0.2) is 28.8 Å². The summed E-state index contributed by atoms with van der Waals surface area (Å²) in [6, 6.07) is 6.11. The van der Waals surface area contributed by atoms with Crippen LogP contribution in [0.4, 0.5) is 10.2 Å². The summed E-state index contributed by atoms with van der Waals surface area (Å²) in [6.07, 6.45) is 2.28. The van der Waals surface area contributed by atoms with Crippen LogP contribution in [0.5, 0.6) is 0 Å². The monoisotopic (exact) mass is 303 g/mol. The van der Waals surface area contributed by atoms with E-state index in [4.69, 9.17) is 4.74 Å². The fourth-order valence-corrected chi connectivity index (χ4v) is 2.63. The van der Waals surface area contributed by atoms with Gasteiger partial charge in [-0.05, 0) is 43.9 Å². The lowest BCUT2D eigenvalue weighted by molar-refractivity contribution is -0.130. The number of hydrogen-bond acceptors (Lipinski definition) is 3. The largest absolute Gasteiger partial charge is 0.368 e. The maximum Gasteiger partial charge on any atom is 0.254 e. The third-order valence-electron chi connectivity index (χ3n) is 3.79. The molecule has 1 amide bonds. The van der Waals surface area contributed by atoms with E-state index >= 15 is 0 Å². The van der Waals surface area contributed by atoms with Gasteiger partial charge in [0, 0.05) is 17.9 Å². The van der Waals surface area contributed by atoms with Crippen LogP contribution in [0.15, 0.2) is 24.3 Å². The van der Waals surface area contributed by atoms with Gasteiger partial charge in [0.15, 0.2) is 5.82 Å². The molecule has 1 aliphatic rings. The van der Waals surface area contributed by atoms with E-state index < -0.39 is 6.10 Å². The van der Waals surface area contributed by atoms with Gasteiger partial charge in [0.05, 0.1) is 0 Å². The Labute approximate surface area is 127 Å². The van der Waals surface area contributed by atoms with Gasteiger partial charge in [0.1, 0.15) is 11.9 Å². The van der Waals surface area contributed by atoms with Crippen LogP contribution < -0.4 is 5.32 Å². The first-order chi connectivity index (χ1) is 10.6. The van der Waals surface area contributed by atoms with Gasteiger partial charge in [-0.15, -0.1) is 0 Å². The number of rotatable bonds is 3. The van der Waals surface area contributed by atoms with Crippen molar-refractivity contribution in [2.24, 2.45) is 0 Å². The highest BCUT2D eigenvalue weighted by atomic mass is 19.1. The standard InChI is InChI=1S/C16H18FN3O2/c1-10-14(11-5-7-12(17)8-6-11)15(20-19-10)18-16(21)13-4-2-3-9-22-13/h5-8,13H,2-4,9H2,1H3,(H2,18,19,20,21). The number of benzene rings is 1. The van der Waals surface area contributed by atoms with Crippen molar-refractivity contribution in [1.29, 1.82) is 0 Å². The van der Waals surface area contributed by atoms with Gasteiger partial charge in [-0.2, -0.15) is 5.10 Å². The van der Waals surface area contributed by atoms with Crippen LogP contribution in [-0.2, 0) is 9.53 Å². The van der Waals surface area contributed by atoms with E-state index in [9.17, 15) is 9.18 Å². The number of aromatic nitrogens is 2. The molecule has 0 spiro atoms. The second-order valence-corrected chi connectivity index (χ2v) is 5.42. The Morgan fingerprint density at radius 1 is 1.36 bits per heavy atom. The van der Waals surface area contributed by atoms with Gasteiger partial charge >= 0.3 is 0 Å². The number of ether oxygens (including phenoxy) is 1. The highest BCUT2D eigenvalue weighted by molar-refractivity contribution is 5.97. The SMILES string of the molecule is Cc1[nH]nc(NC(=O)C2CCCCO2)c1-c1ccc(F)cc1. The van der Waals surface area contributed by atoms with Crippen molar-refractivity contribution < 1.29 is 13.9 Å². The Morgan fingerprint density at radius 3 is 2.82 bits per heavy atom. The highest BCUT2D eigenvalue weighted by Crippen LogP contribution is 2.30. The quantitative estimate of drug-likeness (QED) is 0.916. The molecule has 0 saturated carbocycles. The van der Waals surface area contributed by atoms with Crippen molar-refractivity contribution in [1.82, 2.24) is 10.2 Å². The second kappa shape index (κ2) is 6.27. The van der Waals surface area contributed by atoms with Crippen molar-refractivity contribution in [2.45, 2.75) is 32.3 Å². The van der Waals surface area contributed by atoms with Gasteiger partial charge in [-0.3, -0.25) is 9.89 Å². The van der Waals surface area contributed by atoms with Gasteiger partial charge < -0.3 is 10.1 Å². The van der Waals surface area contributed by atoms with Gasteiger partial charge in [-0.1, -0.05) is 12.1 Å². The second-order valence-electron chi connectivity index (χ2n) is 5.42. The van der Waals surface area contributed by atoms with E-state index in [1.165, 1.54) is 12.1 Å². The molecule has 1 unspecified atom stereocenters. The smallest absolute Gasteiger partial charge is 0.254 e. The van der Waals surface area contributed by atoms with Crippen molar-refractivity contribution >= 4 is 11.7 Å². The number of anilines is 1. The summed E-state index contributed by atoms with van der Waals surface area (Å²) in [4.78, 5) is 12.3. The summed E-state index contributed by atoms with van der Waals surface area (Å²) in [5, 5.41) is 9.82. The summed E-state index contributed by atoms with van der Waals surface area (Å²) in [7, 11) is 0. The number of hydrogen-bond donors (Lipinski definition) is 2. The number of aryl methyl sites for hydroxylation is 1. The van der Waals surface area contributed by atoms with Crippen LogP contribution in [0.25, 0.3) is 11.1 Å². The fraction of sp³-hybridized carbons (Fsp3) is 0.375. The minimum atomic E-state index is -0.424. The van der Waals surface area contributed by atoms with Crippen LogP contribution in [0.3, 0.4) is 0 Å². The first kappa shape index (κ1) is 14.7. The number of carbonyl (C=O) groups is 1. The molecule has 2 heterocycles. The number of carbonyl (C=O) groups excluding carboxylic acids is 1. The molecule has 1 aromatic carbocycles. The minimum Gasteiger partial charge on any atom is -0.368 e. The summed E-state index contributed by atoms with van der Waals surface area (Å²) in [5.74, 6) is -0.0380. The summed E-state index contributed by atoms with van der Waals surface area (Å²) in [5.41, 5.74) is 2.38. The van der Waals surface area contributed by atoms with Crippen molar-refractivity contribution in [3.8, 4) is 11.1 Å². The van der Waals surface area contributed by atoms with E-state index in [0.717, 1.165) is 36.1 Å². The van der Waals surface area contributed by atoms with Crippen molar-refractivity contribution in [2.75, 3.05) is 11.9 Å². The average Bonchev–Trinajstić information content (AvgIpc) is 2.90. The lowest BCUT2D eigenvalue weighted by Crippen LogP contribution is -2.33. The minimum absolute atomic E-state index is 0.186. The molecule has 5 nitrogen and oxygen atoms in total. The Hall–Kier alpha value is -2.21. The maximum atomic E-state index is 13.1. The van der Waals surface area contributed by atoms with Gasteiger partial charge in [-0.25, -0.2) is 4.39 Å². The van der Waals surface area contributed by atoms with E-state index in [2.05, 4.69) is 15.5 Å². The fourth-order valence-electron chi connectivity index (χ4n) is 2.63. The Morgan fingerprint density at radius 2 is 2.14 bits per heavy atom. The zero-order valence-corrected chi connectivity index (χ0v) is 12.4. The molecule has 3 rings (SSSR count). The van der Waals surface area contributed by atoms with E-state index in [-0.39, 0.29) is 11.7 Å². The summed E-state index contributed by atoms with van der Waals surface area (Å²) in [6.45, 7) is 2.47. The third kappa shape index (κ3) is 3.01. The summed E-state index contributed by atoms with van der Waals surface area (Å²) < 4.78 is 18.6. The Balaban J connectivity index is 1.82. The van der Waals surface area contributed by atoms with E-state index in [1.54, 1.807) is 12.1 Å². The predicted octanol–water partition coefficient (Wildman–Crippen LogP) is 3.03. The molecule has 1 saturated heterocycles. The molecule has 116 valence electrons. The lowest BCUT2D eigenvalue weighted by atomic mass is 10.1. The van der Waals surface area contributed by atoms with Crippen LogP contribution in [0.2, 0.25) is 0 Å². The molecule has 2 aromatic rings. The van der Waals surface area contributed by atoms with Crippen LogP contribution in [0.1, 0.15) is 25.0 Å². The number of nitrogens with one attached hydrogen (secondary N) is 2. The van der Waals surface area contributed by atoms with Gasteiger partial charge in [0.2, 0.25) is 0 Å². The van der Waals surface area contributed by atoms with Crippen LogP contribution in [0, 0.1) is 12.7 Å². The molecule has 0 radical (unpaired) electrons. The molecule has 1 atom stereocenters. The Bertz CT molecular complexity index is 661. The average molecular weight is 303 g/mol. The number of nitrogens with zero attached hydrogens (tertiary/aromatic N) is 1. The number of amides is 1. The molecule has 22 heavy (non-hydrogen) atoms. The third-order valence-corrected chi connectivity index (χ3v) is 3.79. The molecule has 1 aliphatic heterocycles. The highest BCUT2D eigenvalue weighted by Gasteiger charge is 2.24. The zero-order chi connectivity index (χ0) is 15.5. The first-order valence-corrected chi connectivity index (χ1v) is 7.38. The zero-order valence-electron chi connectivity index (χ0n) is 12.4. The predicted molar refractivity (Wildman–Crippen MR) is 80.9 cm³/mol. The molecule has 0 bridgehead atoms. The number of aromatic amines is 1. The first-order valence-electron chi connectivity index (χ1n) is 7.38. The normalized spacial score (nSPS) is 18.2. The molecule has 2 N–H and O–H groups in total. The summed E-state index contributed by atoms with van der Waals surface area (Å²) >= 11 is 0. The van der Waals surface area contributed by atoms with Gasteiger partial charge in [0.25, 0.3) is 5.91 Å². The molecule has 1 aromatic heterocycles. The van der Waals surface area contributed by atoms with E-state index in [0.29, 0.717) is 12.4 Å². The van der Waals surface area contributed by atoms with E-state index in [1.807, 2.05) is 6.92 Å². The topological polar surface area (TPSA) is 67.0 Å². The molecular weight excluding hydrogens is 285 g/mol. The lowest BCUT2D eigenvalue weighted by Gasteiger charge is -2.21. The molecule has 1 fully saturated rings. The molecular formula is C16H18FN3O2. The maximum absolute atomic E-state index is 13.1. The molecule has 0 aliphatic carbocycles. The van der Waals surface area contributed by atoms with Crippen molar-refractivity contribution in [3.05, 3.63) is 35.8 Å². The Kier molecular flexibility index (Phi) is 4.20. The number of H-pyrrole nitrogens is 1. The van der Waals surface area contributed by atoms with Crippen LogP contribution >= 0.6 is 0 Å². The molecule has 6 heteroatoms.